The van der Waals surface area contributed by atoms with Crippen LogP contribution in [0.25, 0.3) is 0 Å². The number of hydrogen-bond acceptors (Lipinski definition) is 2. The fraction of sp³-hybridized carbons (Fsp3) is 0.600. The molecule has 0 saturated carbocycles. The van der Waals surface area contributed by atoms with Crippen molar-refractivity contribution >= 4 is 11.8 Å². The molecule has 0 aliphatic carbocycles. The Morgan fingerprint density at radius 3 is 3.14 bits per heavy atom. The summed E-state index contributed by atoms with van der Waals surface area (Å²) in [7, 11) is 0. The summed E-state index contributed by atoms with van der Waals surface area (Å²) in [5, 5.41) is 8.43. The van der Waals surface area contributed by atoms with Crippen LogP contribution >= 0.6 is 11.8 Å². The molecule has 0 radical (unpaired) electrons. The van der Waals surface area contributed by atoms with Crippen LogP contribution < -0.4 is 4.57 Å². The first-order valence-corrected chi connectivity index (χ1v) is 6.17. The molecular formula is C10H16N3S+. The van der Waals surface area contributed by atoms with Gasteiger partial charge in [0.2, 0.25) is 6.33 Å². The van der Waals surface area contributed by atoms with E-state index in [1.807, 2.05) is 18.0 Å². The lowest BCUT2D eigenvalue weighted by Gasteiger charge is -1.94. The van der Waals surface area contributed by atoms with Gasteiger partial charge in [0.25, 0.3) is 0 Å². The highest BCUT2D eigenvalue weighted by Gasteiger charge is 2.02. The largest absolute Gasteiger partial charge is 0.243 e. The highest BCUT2D eigenvalue weighted by molar-refractivity contribution is 7.98. The summed E-state index contributed by atoms with van der Waals surface area (Å²) in [4.78, 5) is 0. The third kappa shape index (κ3) is 3.84. The first-order chi connectivity index (χ1) is 6.86. The fourth-order valence-electron chi connectivity index (χ4n) is 1.27. The molecule has 0 N–H and O–H groups in total. The van der Waals surface area contributed by atoms with E-state index in [-0.39, 0.29) is 0 Å². The average molecular weight is 210 g/mol. The van der Waals surface area contributed by atoms with Crippen LogP contribution in [0.15, 0.2) is 18.7 Å². The molecule has 0 amide bonds. The van der Waals surface area contributed by atoms with Gasteiger partial charge in [-0.2, -0.15) is 17.0 Å². The normalized spacial score (nSPS) is 10.0. The maximum absolute atomic E-state index is 8.43. The molecule has 0 aliphatic heterocycles. The molecule has 0 spiro atoms. The van der Waals surface area contributed by atoms with E-state index in [4.69, 9.17) is 5.26 Å². The van der Waals surface area contributed by atoms with Gasteiger partial charge in [-0.3, -0.25) is 0 Å². The van der Waals surface area contributed by atoms with Crippen molar-refractivity contribution in [1.82, 2.24) is 4.57 Å². The van der Waals surface area contributed by atoms with Gasteiger partial charge >= 0.3 is 0 Å². The molecule has 3 nitrogen and oxygen atoms in total. The molecule has 4 heteroatoms. The van der Waals surface area contributed by atoms with Gasteiger partial charge < -0.3 is 0 Å². The Labute approximate surface area is 89.4 Å². The lowest BCUT2D eigenvalue weighted by Crippen LogP contribution is -2.30. The Morgan fingerprint density at radius 2 is 2.43 bits per heavy atom. The van der Waals surface area contributed by atoms with Crippen molar-refractivity contribution in [3.63, 3.8) is 0 Å². The van der Waals surface area contributed by atoms with Crippen LogP contribution in [0.2, 0.25) is 0 Å². The molecule has 1 aromatic heterocycles. The standard InChI is InChI=1S/C10H16N3S/c1-14-9-3-6-13-8-7-12(10-13)5-2-4-11/h7-8,10H,2-3,5-6,9H2,1H3/q+1. The molecule has 1 aromatic rings. The minimum atomic E-state index is 0.583. The number of imidazole rings is 1. The molecule has 1 rings (SSSR count). The number of aromatic nitrogens is 2. The van der Waals surface area contributed by atoms with Crippen LogP contribution in [0.1, 0.15) is 12.8 Å². The smallest absolute Gasteiger partial charge is 0.237 e. The van der Waals surface area contributed by atoms with Crippen molar-refractivity contribution in [1.29, 1.82) is 5.26 Å². The Bertz CT molecular complexity index is 301. The average Bonchev–Trinajstić information content (AvgIpc) is 2.63. The van der Waals surface area contributed by atoms with Gasteiger partial charge in [-0.15, -0.1) is 0 Å². The quantitative estimate of drug-likeness (QED) is 0.526. The topological polar surface area (TPSA) is 32.6 Å². The second-order valence-electron chi connectivity index (χ2n) is 3.14. The van der Waals surface area contributed by atoms with Crippen LogP contribution in [0.5, 0.6) is 0 Å². The predicted octanol–water partition coefficient (Wildman–Crippen LogP) is 1.44. The van der Waals surface area contributed by atoms with Gasteiger partial charge in [0, 0.05) is 0 Å². The zero-order chi connectivity index (χ0) is 10.2. The van der Waals surface area contributed by atoms with E-state index >= 15 is 0 Å². The number of hydrogen-bond donors (Lipinski definition) is 0. The molecule has 14 heavy (non-hydrogen) atoms. The lowest BCUT2D eigenvalue weighted by molar-refractivity contribution is -0.695. The number of thioether (sulfide) groups is 1. The van der Waals surface area contributed by atoms with Crippen molar-refractivity contribution in [2.45, 2.75) is 25.9 Å². The molecule has 0 atom stereocenters. The van der Waals surface area contributed by atoms with E-state index in [1.54, 1.807) is 0 Å². The molecular weight excluding hydrogens is 194 g/mol. The molecule has 0 bridgehead atoms. The summed E-state index contributed by atoms with van der Waals surface area (Å²) < 4.78 is 4.23. The van der Waals surface area contributed by atoms with Crippen molar-refractivity contribution < 1.29 is 4.57 Å². The summed E-state index contributed by atoms with van der Waals surface area (Å²) in [6.45, 7) is 1.87. The number of nitriles is 1. The summed E-state index contributed by atoms with van der Waals surface area (Å²) in [5.41, 5.74) is 0. The molecule has 0 saturated heterocycles. The van der Waals surface area contributed by atoms with Crippen LogP contribution in [-0.2, 0) is 13.1 Å². The number of rotatable bonds is 6. The number of aryl methyl sites for hydroxylation is 2. The maximum Gasteiger partial charge on any atom is 0.243 e. The van der Waals surface area contributed by atoms with E-state index < -0.39 is 0 Å². The predicted molar refractivity (Wildman–Crippen MR) is 57.9 cm³/mol. The molecule has 0 unspecified atom stereocenters. The summed E-state index contributed by atoms with van der Waals surface area (Å²) in [6, 6.07) is 2.14. The first-order valence-electron chi connectivity index (χ1n) is 4.77. The van der Waals surface area contributed by atoms with Crippen LogP contribution in [0.4, 0.5) is 0 Å². The SMILES string of the molecule is CSCCCn1cc[n+](CCC#N)c1. The van der Waals surface area contributed by atoms with Crippen LogP contribution in [0, 0.1) is 11.3 Å². The zero-order valence-corrected chi connectivity index (χ0v) is 9.33. The van der Waals surface area contributed by atoms with Crippen molar-refractivity contribution in [2.75, 3.05) is 12.0 Å². The Morgan fingerprint density at radius 1 is 1.57 bits per heavy atom. The highest BCUT2D eigenvalue weighted by Crippen LogP contribution is 1.97. The van der Waals surface area contributed by atoms with Gasteiger partial charge in [0.15, 0.2) is 0 Å². The van der Waals surface area contributed by atoms with E-state index in [2.05, 4.69) is 34.0 Å². The Hall–Kier alpha value is -0.950. The molecule has 0 aromatic carbocycles. The monoisotopic (exact) mass is 210 g/mol. The minimum Gasteiger partial charge on any atom is -0.237 e. The van der Waals surface area contributed by atoms with Crippen molar-refractivity contribution in [3.05, 3.63) is 18.7 Å². The van der Waals surface area contributed by atoms with E-state index in [0.717, 1.165) is 13.1 Å². The van der Waals surface area contributed by atoms with Crippen LogP contribution in [0.3, 0.4) is 0 Å². The Balaban J connectivity index is 2.32. The maximum atomic E-state index is 8.43. The third-order valence-corrected chi connectivity index (χ3v) is 2.69. The fourth-order valence-corrected chi connectivity index (χ4v) is 1.69. The molecule has 0 aliphatic rings. The second-order valence-corrected chi connectivity index (χ2v) is 4.13. The summed E-state index contributed by atoms with van der Waals surface area (Å²) in [6.07, 6.45) is 10.1. The van der Waals surface area contributed by atoms with Crippen molar-refractivity contribution in [3.8, 4) is 6.07 Å². The molecule has 76 valence electrons. The van der Waals surface area contributed by atoms with E-state index in [0.29, 0.717) is 6.42 Å². The van der Waals surface area contributed by atoms with Gasteiger partial charge in [-0.25, -0.2) is 9.13 Å². The summed E-state index contributed by atoms with van der Waals surface area (Å²) in [5.74, 6) is 1.20. The van der Waals surface area contributed by atoms with Gasteiger partial charge in [-0.1, -0.05) is 0 Å². The zero-order valence-electron chi connectivity index (χ0n) is 8.52. The molecule has 0 fully saturated rings. The van der Waals surface area contributed by atoms with Gasteiger partial charge in [0.05, 0.1) is 19.0 Å². The van der Waals surface area contributed by atoms with E-state index in [9.17, 15) is 0 Å². The van der Waals surface area contributed by atoms with Gasteiger partial charge in [0.1, 0.15) is 18.9 Å². The number of nitrogens with zero attached hydrogens (tertiary/aromatic N) is 3. The molecule has 1 heterocycles. The minimum absolute atomic E-state index is 0.583. The van der Waals surface area contributed by atoms with Gasteiger partial charge in [-0.05, 0) is 18.4 Å². The lowest BCUT2D eigenvalue weighted by atomic mass is 10.5. The third-order valence-electron chi connectivity index (χ3n) is 1.99. The second kappa shape index (κ2) is 6.50. The van der Waals surface area contributed by atoms with Crippen LogP contribution in [-0.4, -0.2) is 16.6 Å². The van der Waals surface area contributed by atoms with Crippen molar-refractivity contribution in [2.24, 2.45) is 0 Å². The Kier molecular flexibility index (Phi) is 5.16. The first kappa shape index (κ1) is 11.1. The van der Waals surface area contributed by atoms with E-state index in [1.165, 1.54) is 12.2 Å². The highest BCUT2D eigenvalue weighted by atomic mass is 32.2. The summed E-state index contributed by atoms with van der Waals surface area (Å²) >= 11 is 1.88.